The Bertz CT molecular complexity index is 829. The molecular weight excluding hydrogens is 352 g/mol. The highest BCUT2D eigenvalue weighted by Crippen LogP contribution is 2.26. The van der Waals surface area contributed by atoms with Gasteiger partial charge < -0.3 is 10.2 Å². The summed E-state index contributed by atoms with van der Waals surface area (Å²) in [6.45, 7) is 12.3. The number of benzene rings is 1. The van der Waals surface area contributed by atoms with E-state index in [9.17, 15) is 9.59 Å². The first-order valence-corrected chi connectivity index (χ1v) is 9.68. The maximum atomic E-state index is 12.6. The van der Waals surface area contributed by atoms with Crippen LogP contribution in [-0.2, 0) is 15.0 Å². The van der Waals surface area contributed by atoms with Crippen LogP contribution < -0.4 is 5.32 Å². The van der Waals surface area contributed by atoms with E-state index < -0.39 is 0 Å². The van der Waals surface area contributed by atoms with Gasteiger partial charge in [0, 0.05) is 24.9 Å². The van der Waals surface area contributed by atoms with Gasteiger partial charge in [-0.15, -0.1) is 0 Å². The van der Waals surface area contributed by atoms with Gasteiger partial charge in [0.25, 0.3) is 0 Å². The molecule has 1 aromatic heterocycles. The lowest BCUT2D eigenvalue weighted by Crippen LogP contribution is -2.35. The van der Waals surface area contributed by atoms with Crippen molar-refractivity contribution in [2.75, 3.05) is 18.9 Å². The number of nitrogens with one attached hydrogen (secondary N) is 1. The predicted octanol–water partition coefficient (Wildman–Crippen LogP) is 3.92. The van der Waals surface area contributed by atoms with Crippen molar-refractivity contribution < 1.29 is 9.59 Å². The van der Waals surface area contributed by atoms with Crippen LogP contribution in [0.2, 0.25) is 0 Å². The second-order valence-corrected chi connectivity index (χ2v) is 8.81. The van der Waals surface area contributed by atoms with Crippen molar-refractivity contribution in [2.24, 2.45) is 5.92 Å². The quantitative estimate of drug-likeness (QED) is 0.821. The fraction of sp³-hybridized carbons (Fsp3) is 0.500. The molecule has 0 atom stereocenters. The summed E-state index contributed by atoms with van der Waals surface area (Å²) in [6, 6.07) is 9.87. The van der Waals surface area contributed by atoms with Gasteiger partial charge in [-0.3, -0.25) is 9.59 Å². The van der Waals surface area contributed by atoms with Gasteiger partial charge in [-0.05, 0) is 25.0 Å². The normalized spacial score (nSPS) is 11.6. The minimum Gasteiger partial charge on any atom is -0.336 e. The number of likely N-dealkylation sites (N-methyl/N-ethyl adjacent to an activating group) is 1. The van der Waals surface area contributed by atoms with Crippen LogP contribution in [0.25, 0.3) is 5.69 Å². The SMILES string of the molecule is Cc1ccc(-n2nc(C(C)(C)C)cc2NC(=O)CN(C)C(=O)CC(C)C)cc1. The molecule has 1 aromatic carbocycles. The zero-order chi connectivity index (χ0) is 21.1. The van der Waals surface area contributed by atoms with E-state index in [2.05, 4.69) is 26.1 Å². The maximum absolute atomic E-state index is 12.6. The third kappa shape index (κ3) is 5.68. The van der Waals surface area contributed by atoms with E-state index in [1.807, 2.05) is 51.1 Å². The molecule has 0 aliphatic rings. The zero-order valence-electron chi connectivity index (χ0n) is 18.0. The Balaban J connectivity index is 2.24. The summed E-state index contributed by atoms with van der Waals surface area (Å²) >= 11 is 0. The van der Waals surface area contributed by atoms with Gasteiger partial charge in [0.2, 0.25) is 11.8 Å². The number of amides is 2. The fourth-order valence-corrected chi connectivity index (χ4v) is 2.71. The highest BCUT2D eigenvalue weighted by molar-refractivity contribution is 5.94. The van der Waals surface area contributed by atoms with Crippen molar-refractivity contribution in [3.8, 4) is 5.69 Å². The lowest BCUT2D eigenvalue weighted by molar-refractivity contribution is -0.133. The van der Waals surface area contributed by atoms with Crippen LogP contribution in [-0.4, -0.2) is 40.1 Å². The van der Waals surface area contributed by atoms with Crippen molar-refractivity contribution in [1.29, 1.82) is 0 Å². The third-order valence-corrected chi connectivity index (χ3v) is 4.41. The van der Waals surface area contributed by atoms with E-state index in [1.54, 1.807) is 11.7 Å². The van der Waals surface area contributed by atoms with Gasteiger partial charge in [0.1, 0.15) is 5.82 Å². The summed E-state index contributed by atoms with van der Waals surface area (Å²) in [5.74, 6) is 0.583. The van der Waals surface area contributed by atoms with E-state index in [0.29, 0.717) is 12.2 Å². The van der Waals surface area contributed by atoms with Crippen LogP contribution in [0.15, 0.2) is 30.3 Å². The van der Waals surface area contributed by atoms with Gasteiger partial charge >= 0.3 is 0 Å². The molecule has 0 fully saturated rings. The Hall–Kier alpha value is -2.63. The monoisotopic (exact) mass is 384 g/mol. The van der Waals surface area contributed by atoms with Gasteiger partial charge in [0.15, 0.2) is 0 Å². The van der Waals surface area contributed by atoms with Gasteiger partial charge in [-0.2, -0.15) is 5.10 Å². The zero-order valence-corrected chi connectivity index (χ0v) is 18.0. The summed E-state index contributed by atoms with van der Waals surface area (Å²) in [7, 11) is 1.65. The van der Waals surface area contributed by atoms with Crippen molar-refractivity contribution in [1.82, 2.24) is 14.7 Å². The number of aromatic nitrogens is 2. The number of hydrogen-bond acceptors (Lipinski definition) is 3. The number of carbonyl (C=O) groups excluding carboxylic acids is 2. The molecule has 6 heteroatoms. The standard InChI is InChI=1S/C22H32N4O2/c1-15(2)12-21(28)25(7)14-20(27)23-19-13-18(22(4,5)6)24-26(19)17-10-8-16(3)9-11-17/h8-11,13,15H,12,14H2,1-7H3,(H,23,27). The van der Waals surface area contributed by atoms with E-state index in [1.165, 1.54) is 4.90 Å². The lowest BCUT2D eigenvalue weighted by Gasteiger charge is -2.18. The molecule has 152 valence electrons. The number of nitrogens with zero attached hydrogens (tertiary/aromatic N) is 3. The molecule has 0 bridgehead atoms. The fourth-order valence-electron chi connectivity index (χ4n) is 2.71. The molecule has 1 heterocycles. The van der Waals surface area contributed by atoms with Crippen LogP contribution in [0.5, 0.6) is 0 Å². The van der Waals surface area contributed by atoms with Gasteiger partial charge in [-0.25, -0.2) is 4.68 Å². The van der Waals surface area contributed by atoms with E-state index >= 15 is 0 Å². The number of anilines is 1. The Morgan fingerprint density at radius 3 is 2.32 bits per heavy atom. The number of carbonyl (C=O) groups is 2. The first-order chi connectivity index (χ1) is 13.0. The number of rotatable bonds is 6. The third-order valence-electron chi connectivity index (χ3n) is 4.41. The van der Waals surface area contributed by atoms with Crippen molar-refractivity contribution in [2.45, 2.75) is 53.4 Å². The molecule has 6 nitrogen and oxygen atoms in total. The van der Waals surface area contributed by atoms with Crippen LogP contribution in [0, 0.1) is 12.8 Å². The van der Waals surface area contributed by atoms with Crippen molar-refractivity contribution >= 4 is 17.6 Å². The summed E-state index contributed by atoms with van der Waals surface area (Å²) in [5, 5.41) is 7.63. The van der Waals surface area contributed by atoms with E-state index in [0.717, 1.165) is 16.9 Å². The summed E-state index contributed by atoms with van der Waals surface area (Å²) in [6.07, 6.45) is 0.430. The van der Waals surface area contributed by atoms with Gasteiger partial charge in [0.05, 0.1) is 17.9 Å². The molecule has 2 rings (SSSR count). The average molecular weight is 385 g/mol. The maximum Gasteiger partial charge on any atom is 0.245 e. The Morgan fingerprint density at radius 2 is 1.79 bits per heavy atom. The average Bonchev–Trinajstić information content (AvgIpc) is 2.98. The lowest BCUT2D eigenvalue weighted by atomic mass is 9.92. The van der Waals surface area contributed by atoms with Gasteiger partial charge in [-0.1, -0.05) is 52.3 Å². The van der Waals surface area contributed by atoms with E-state index in [-0.39, 0.29) is 29.7 Å². The molecule has 28 heavy (non-hydrogen) atoms. The minimum atomic E-state index is -0.242. The molecule has 2 amide bonds. The molecule has 0 aliphatic carbocycles. The molecule has 1 N–H and O–H groups in total. The predicted molar refractivity (Wildman–Crippen MR) is 113 cm³/mol. The highest BCUT2D eigenvalue weighted by atomic mass is 16.2. The molecule has 0 spiro atoms. The molecule has 0 saturated heterocycles. The summed E-state index contributed by atoms with van der Waals surface area (Å²) in [5.41, 5.74) is 2.76. The molecule has 0 aliphatic heterocycles. The Labute approximate surface area is 167 Å². The second kappa shape index (κ2) is 8.59. The van der Waals surface area contributed by atoms with Crippen LogP contribution in [0.4, 0.5) is 5.82 Å². The van der Waals surface area contributed by atoms with E-state index in [4.69, 9.17) is 5.10 Å². The second-order valence-electron chi connectivity index (χ2n) is 8.81. The molecule has 0 saturated carbocycles. The Kier molecular flexibility index (Phi) is 6.65. The number of aryl methyl sites for hydroxylation is 1. The van der Waals surface area contributed by atoms with Crippen molar-refractivity contribution in [3.63, 3.8) is 0 Å². The van der Waals surface area contributed by atoms with Crippen LogP contribution in [0.3, 0.4) is 0 Å². The molecule has 0 unspecified atom stereocenters. The summed E-state index contributed by atoms with van der Waals surface area (Å²) < 4.78 is 1.74. The molecular formula is C22H32N4O2. The number of hydrogen-bond donors (Lipinski definition) is 1. The topological polar surface area (TPSA) is 67.2 Å². The summed E-state index contributed by atoms with van der Waals surface area (Å²) in [4.78, 5) is 26.2. The largest absolute Gasteiger partial charge is 0.336 e. The first kappa shape index (κ1) is 21.7. The highest BCUT2D eigenvalue weighted by Gasteiger charge is 2.22. The Morgan fingerprint density at radius 1 is 1.18 bits per heavy atom. The smallest absolute Gasteiger partial charge is 0.245 e. The molecule has 2 aromatic rings. The minimum absolute atomic E-state index is 0.00941. The first-order valence-electron chi connectivity index (χ1n) is 9.68. The van der Waals surface area contributed by atoms with Crippen molar-refractivity contribution in [3.05, 3.63) is 41.6 Å². The van der Waals surface area contributed by atoms with Crippen LogP contribution in [0.1, 0.15) is 52.3 Å². The molecule has 0 radical (unpaired) electrons. The van der Waals surface area contributed by atoms with Crippen LogP contribution >= 0.6 is 0 Å².